The maximum absolute atomic E-state index is 8.52. The third-order valence-electron chi connectivity index (χ3n) is 1.21. The molecule has 0 atom stereocenters. The molecule has 0 radical (unpaired) electrons. The summed E-state index contributed by atoms with van der Waals surface area (Å²) in [5, 5.41) is 8.52. The van der Waals surface area contributed by atoms with E-state index in [1.54, 1.807) is 18.0 Å². The van der Waals surface area contributed by atoms with Gasteiger partial charge in [-0.2, -0.15) is 0 Å². The fourth-order valence-corrected chi connectivity index (χ4v) is 1.51. The average Bonchev–Trinajstić information content (AvgIpc) is 2.07. The van der Waals surface area contributed by atoms with Crippen LogP contribution in [-0.2, 0) is 0 Å². The van der Waals surface area contributed by atoms with Crippen molar-refractivity contribution in [2.75, 3.05) is 12.4 Å². The van der Waals surface area contributed by atoms with E-state index in [1.165, 1.54) is 4.90 Å². The second-order valence-corrected chi connectivity index (χ2v) is 3.28. The molecule has 1 heterocycles. The number of nitrogens with zero attached hydrogens (tertiary/aromatic N) is 1. The lowest BCUT2D eigenvalue weighted by Crippen LogP contribution is -1.85. The van der Waals surface area contributed by atoms with Crippen molar-refractivity contribution in [1.29, 1.82) is 0 Å². The number of hydrogen-bond acceptors (Lipinski definition) is 3. The van der Waals surface area contributed by atoms with Crippen LogP contribution >= 0.6 is 11.8 Å². The van der Waals surface area contributed by atoms with Crippen LogP contribution in [0, 0.1) is 0 Å². The summed E-state index contributed by atoms with van der Waals surface area (Å²) >= 11 is 1.72. The van der Waals surface area contributed by atoms with Crippen LogP contribution < -0.4 is 0 Å². The summed E-state index contributed by atoms with van der Waals surface area (Å²) in [5.74, 6) is 0.961. The Kier molecular flexibility index (Phi) is 4.01. The van der Waals surface area contributed by atoms with Crippen molar-refractivity contribution in [3.05, 3.63) is 24.5 Å². The lowest BCUT2D eigenvalue weighted by molar-refractivity contribution is 0.296. The molecule has 11 heavy (non-hydrogen) atoms. The molecule has 0 unspecified atom stereocenters. The molecule has 2 nitrogen and oxygen atoms in total. The maximum Gasteiger partial charge on any atom is 0.0439 e. The van der Waals surface area contributed by atoms with Crippen LogP contribution in [0.15, 0.2) is 29.4 Å². The molecule has 0 amide bonds. The molecule has 1 aromatic rings. The Hall–Kier alpha value is -0.540. The van der Waals surface area contributed by atoms with Gasteiger partial charge in [-0.15, -0.1) is 11.8 Å². The van der Waals surface area contributed by atoms with Crippen LogP contribution in [0.25, 0.3) is 0 Å². The van der Waals surface area contributed by atoms with Crippen LogP contribution in [0.1, 0.15) is 6.42 Å². The van der Waals surface area contributed by atoms with Crippen LogP contribution in [-0.4, -0.2) is 22.5 Å². The Bertz CT molecular complexity index is 191. The Morgan fingerprint density at radius 3 is 3.09 bits per heavy atom. The minimum atomic E-state index is 0.271. The molecule has 60 valence electrons. The number of aliphatic hydroxyl groups is 1. The fourth-order valence-electron chi connectivity index (χ4n) is 0.687. The van der Waals surface area contributed by atoms with E-state index in [0.29, 0.717) is 0 Å². The van der Waals surface area contributed by atoms with E-state index >= 15 is 0 Å². The lowest BCUT2D eigenvalue weighted by atomic mass is 10.5. The predicted molar refractivity (Wildman–Crippen MR) is 46.7 cm³/mol. The van der Waals surface area contributed by atoms with Gasteiger partial charge < -0.3 is 5.11 Å². The average molecular weight is 169 g/mol. The molecule has 1 aromatic heterocycles. The summed E-state index contributed by atoms with van der Waals surface area (Å²) in [6.45, 7) is 0.271. The highest BCUT2D eigenvalue weighted by atomic mass is 32.2. The van der Waals surface area contributed by atoms with Crippen molar-refractivity contribution < 1.29 is 5.11 Å². The van der Waals surface area contributed by atoms with Gasteiger partial charge in [0, 0.05) is 29.6 Å². The second-order valence-electron chi connectivity index (χ2n) is 2.11. The van der Waals surface area contributed by atoms with Crippen molar-refractivity contribution in [2.45, 2.75) is 11.3 Å². The van der Waals surface area contributed by atoms with Gasteiger partial charge >= 0.3 is 0 Å². The zero-order chi connectivity index (χ0) is 7.94. The molecule has 0 fully saturated rings. The topological polar surface area (TPSA) is 33.1 Å². The van der Waals surface area contributed by atoms with Crippen LogP contribution in [0.2, 0.25) is 0 Å². The molecule has 0 bridgehead atoms. The molecule has 1 N–H and O–H groups in total. The Labute approximate surface area is 70.7 Å². The normalized spacial score (nSPS) is 9.91. The molecule has 0 aliphatic carbocycles. The number of thioether (sulfide) groups is 1. The monoisotopic (exact) mass is 169 g/mol. The van der Waals surface area contributed by atoms with Crippen molar-refractivity contribution in [3.63, 3.8) is 0 Å². The summed E-state index contributed by atoms with van der Waals surface area (Å²) < 4.78 is 0. The highest BCUT2D eigenvalue weighted by molar-refractivity contribution is 7.99. The van der Waals surface area contributed by atoms with Gasteiger partial charge in [-0.1, -0.05) is 0 Å². The van der Waals surface area contributed by atoms with E-state index in [-0.39, 0.29) is 6.61 Å². The number of aliphatic hydroxyl groups excluding tert-OH is 1. The van der Waals surface area contributed by atoms with E-state index in [4.69, 9.17) is 5.11 Å². The Balaban J connectivity index is 2.28. The first-order valence-electron chi connectivity index (χ1n) is 3.57. The first kappa shape index (κ1) is 8.56. The lowest BCUT2D eigenvalue weighted by Gasteiger charge is -1.97. The van der Waals surface area contributed by atoms with Gasteiger partial charge in [0.15, 0.2) is 0 Å². The van der Waals surface area contributed by atoms with E-state index in [1.807, 2.05) is 18.3 Å². The first-order valence-corrected chi connectivity index (χ1v) is 4.56. The number of hydrogen-bond donors (Lipinski definition) is 1. The zero-order valence-electron chi connectivity index (χ0n) is 6.23. The molecule has 0 saturated heterocycles. The van der Waals surface area contributed by atoms with Crippen molar-refractivity contribution in [2.24, 2.45) is 0 Å². The minimum absolute atomic E-state index is 0.271. The van der Waals surface area contributed by atoms with Gasteiger partial charge in [0.05, 0.1) is 0 Å². The number of aromatic nitrogens is 1. The van der Waals surface area contributed by atoms with Crippen LogP contribution in [0.3, 0.4) is 0 Å². The van der Waals surface area contributed by atoms with E-state index in [9.17, 15) is 0 Å². The highest BCUT2D eigenvalue weighted by Crippen LogP contribution is 2.15. The smallest absolute Gasteiger partial charge is 0.0439 e. The first-order chi connectivity index (χ1) is 5.43. The van der Waals surface area contributed by atoms with E-state index in [0.717, 1.165) is 12.2 Å². The van der Waals surface area contributed by atoms with Gasteiger partial charge in [0.1, 0.15) is 0 Å². The molecule has 1 rings (SSSR count). The standard InChI is InChI=1S/C8H11NOS/c10-5-2-6-11-8-3-1-4-9-7-8/h1,3-4,7,10H,2,5-6H2. The van der Waals surface area contributed by atoms with Crippen molar-refractivity contribution in [3.8, 4) is 0 Å². The SMILES string of the molecule is OCCCSc1cccnc1. The van der Waals surface area contributed by atoms with Gasteiger partial charge in [-0.3, -0.25) is 4.98 Å². The molecule has 0 aromatic carbocycles. The fraction of sp³-hybridized carbons (Fsp3) is 0.375. The molecular formula is C8H11NOS. The quantitative estimate of drug-likeness (QED) is 0.548. The Morgan fingerprint density at radius 2 is 2.45 bits per heavy atom. The van der Waals surface area contributed by atoms with Crippen LogP contribution in [0.5, 0.6) is 0 Å². The predicted octanol–water partition coefficient (Wildman–Crippen LogP) is 1.56. The summed E-state index contributed by atoms with van der Waals surface area (Å²) in [6.07, 6.45) is 4.44. The zero-order valence-corrected chi connectivity index (χ0v) is 7.05. The molecule has 0 spiro atoms. The molecule has 0 aliphatic rings. The summed E-state index contributed by atoms with van der Waals surface area (Å²) in [7, 11) is 0. The third-order valence-corrected chi connectivity index (χ3v) is 2.27. The number of rotatable bonds is 4. The Morgan fingerprint density at radius 1 is 1.55 bits per heavy atom. The molecular weight excluding hydrogens is 158 g/mol. The summed E-state index contributed by atoms with van der Waals surface area (Å²) in [6, 6.07) is 3.94. The summed E-state index contributed by atoms with van der Waals surface area (Å²) in [4.78, 5) is 5.15. The van der Waals surface area contributed by atoms with Crippen molar-refractivity contribution >= 4 is 11.8 Å². The minimum Gasteiger partial charge on any atom is -0.396 e. The van der Waals surface area contributed by atoms with E-state index in [2.05, 4.69) is 4.98 Å². The molecule has 0 saturated carbocycles. The van der Waals surface area contributed by atoms with Crippen LogP contribution in [0.4, 0.5) is 0 Å². The highest BCUT2D eigenvalue weighted by Gasteiger charge is 1.90. The largest absolute Gasteiger partial charge is 0.396 e. The van der Waals surface area contributed by atoms with Gasteiger partial charge in [-0.05, 0) is 18.6 Å². The molecule has 3 heteroatoms. The maximum atomic E-state index is 8.52. The van der Waals surface area contributed by atoms with E-state index < -0.39 is 0 Å². The molecule has 0 aliphatic heterocycles. The van der Waals surface area contributed by atoms with Crippen molar-refractivity contribution in [1.82, 2.24) is 4.98 Å². The van der Waals surface area contributed by atoms with Gasteiger partial charge in [0.2, 0.25) is 0 Å². The number of pyridine rings is 1. The summed E-state index contributed by atoms with van der Waals surface area (Å²) in [5.41, 5.74) is 0. The second kappa shape index (κ2) is 5.16. The van der Waals surface area contributed by atoms with Gasteiger partial charge in [0.25, 0.3) is 0 Å². The third kappa shape index (κ3) is 3.39. The van der Waals surface area contributed by atoms with Gasteiger partial charge in [-0.25, -0.2) is 0 Å².